The van der Waals surface area contributed by atoms with Crippen molar-refractivity contribution in [1.82, 2.24) is 30.0 Å². The first-order chi connectivity index (χ1) is 19.3. The summed E-state index contributed by atoms with van der Waals surface area (Å²) in [4.78, 5) is 27.6. The van der Waals surface area contributed by atoms with Gasteiger partial charge >= 0.3 is 6.01 Å². The first-order valence-electron chi connectivity index (χ1n) is 13.5. The number of carbonyl (C=O) groups excluding carboxylic acids is 1. The minimum atomic E-state index is -0.531. The number of H-pyrrole nitrogens is 1. The van der Waals surface area contributed by atoms with Gasteiger partial charge in [-0.15, -0.1) is 0 Å². The highest BCUT2D eigenvalue weighted by Gasteiger charge is 2.28. The zero-order valence-electron chi connectivity index (χ0n) is 22.6. The molecule has 2 aromatic heterocycles. The van der Waals surface area contributed by atoms with Crippen LogP contribution in [0.4, 0.5) is 10.2 Å². The molecule has 11 heteroatoms. The number of fused-ring (bicyclic) bond motifs is 2. The second-order valence-electron chi connectivity index (χ2n) is 10.5. The number of nitrogens with zero attached hydrogens (tertiary/aromatic N) is 6. The zero-order valence-corrected chi connectivity index (χ0v) is 23.3. The fourth-order valence-electron chi connectivity index (χ4n) is 5.66. The molecule has 0 saturated carbocycles. The molecule has 2 fully saturated rings. The standard InChI is InChI=1S/C29H31ClFN7O2/c1-4-23(39)37-11-13-38(14-12-37)28-19-15-21(30)25(24-17(2)5-6-22-20(24)16-32-35-22)26(31)27(19)33-29(34-28)40-18-7-9-36(3)10-8-18/h4-6,15-16,18H,1,7-14H2,2-3H3,(H,32,35). The molecule has 0 unspecified atom stereocenters. The Morgan fingerprint density at radius 2 is 1.88 bits per heavy atom. The third kappa shape index (κ3) is 4.75. The van der Waals surface area contributed by atoms with E-state index >= 15 is 4.39 Å². The van der Waals surface area contributed by atoms with Gasteiger partial charge in [0, 0.05) is 61.2 Å². The van der Waals surface area contributed by atoms with E-state index in [9.17, 15) is 4.79 Å². The molecule has 0 aliphatic carbocycles. The topological polar surface area (TPSA) is 90.5 Å². The van der Waals surface area contributed by atoms with Crippen LogP contribution in [0.1, 0.15) is 18.4 Å². The van der Waals surface area contributed by atoms with E-state index in [1.54, 1.807) is 17.2 Å². The molecule has 4 heterocycles. The Hall–Kier alpha value is -3.76. The Morgan fingerprint density at radius 1 is 1.12 bits per heavy atom. The van der Waals surface area contributed by atoms with Crippen LogP contribution in [-0.2, 0) is 4.79 Å². The Labute approximate surface area is 236 Å². The van der Waals surface area contributed by atoms with Crippen LogP contribution in [0.15, 0.2) is 37.1 Å². The zero-order chi connectivity index (χ0) is 28.0. The van der Waals surface area contributed by atoms with Gasteiger partial charge < -0.3 is 19.4 Å². The number of nitrogens with one attached hydrogen (secondary N) is 1. The lowest BCUT2D eigenvalue weighted by atomic mass is 9.95. The van der Waals surface area contributed by atoms with Gasteiger partial charge in [0.15, 0.2) is 5.82 Å². The maximum Gasteiger partial charge on any atom is 0.319 e. The van der Waals surface area contributed by atoms with E-state index in [-0.39, 0.29) is 34.1 Å². The van der Waals surface area contributed by atoms with Gasteiger partial charge in [-0.3, -0.25) is 9.89 Å². The van der Waals surface area contributed by atoms with Gasteiger partial charge in [0.25, 0.3) is 0 Å². The Bertz CT molecular complexity index is 1610. The smallest absolute Gasteiger partial charge is 0.319 e. The number of aromatic nitrogens is 4. The van der Waals surface area contributed by atoms with Crippen molar-refractivity contribution < 1.29 is 13.9 Å². The summed E-state index contributed by atoms with van der Waals surface area (Å²) in [6.07, 6.45) is 4.63. The summed E-state index contributed by atoms with van der Waals surface area (Å²) in [5, 5.41) is 8.65. The van der Waals surface area contributed by atoms with Crippen molar-refractivity contribution in [2.24, 2.45) is 0 Å². The van der Waals surface area contributed by atoms with Gasteiger partial charge in [-0.1, -0.05) is 24.2 Å². The third-order valence-corrected chi connectivity index (χ3v) is 8.23. The Balaban J connectivity index is 1.48. The number of carbonyl (C=O) groups is 1. The second-order valence-corrected chi connectivity index (χ2v) is 10.9. The molecule has 9 nitrogen and oxygen atoms in total. The number of aromatic amines is 1. The van der Waals surface area contributed by atoms with Crippen LogP contribution in [-0.4, -0.2) is 88.3 Å². The molecule has 1 N–H and O–H groups in total. The summed E-state index contributed by atoms with van der Waals surface area (Å²) in [5.74, 6) is -0.0955. The summed E-state index contributed by atoms with van der Waals surface area (Å²) in [7, 11) is 2.08. The molecule has 0 atom stereocenters. The lowest BCUT2D eigenvalue weighted by molar-refractivity contribution is -0.126. The molecule has 0 bridgehead atoms. The molecule has 0 spiro atoms. The molecule has 40 heavy (non-hydrogen) atoms. The highest BCUT2D eigenvalue weighted by atomic mass is 35.5. The lowest BCUT2D eigenvalue weighted by Gasteiger charge is -2.35. The summed E-state index contributed by atoms with van der Waals surface area (Å²) in [6, 6.07) is 5.72. The fourth-order valence-corrected chi connectivity index (χ4v) is 5.95. The van der Waals surface area contributed by atoms with Crippen LogP contribution < -0.4 is 9.64 Å². The van der Waals surface area contributed by atoms with E-state index in [2.05, 4.69) is 33.7 Å². The number of piperazine rings is 1. The van der Waals surface area contributed by atoms with Crippen molar-refractivity contribution in [3.63, 3.8) is 0 Å². The quantitative estimate of drug-likeness (QED) is 0.355. The molecule has 208 valence electrons. The van der Waals surface area contributed by atoms with Crippen molar-refractivity contribution in [3.8, 4) is 17.1 Å². The van der Waals surface area contributed by atoms with E-state index in [0.717, 1.165) is 42.4 Å². The van der Waals surface area contributed by atoms with Crippen molar-refractivity contribution >= 4 is 45.1 Å². The summed E-state index contributed by atoms with van der Waals surface area (Å²) >= 11 is 6.84. The monoisotopic (exact) mass is 563 g/mol. The normalized spacial score (nSPS) is 17.1. The molecule has 6 rings (SSSR count). The lowest BCUT2D eigenvalue weighted by Crippen LogP contribution is -2.48. The molecule has 1 amide bonds. The number of ether oxygens (including phenoxy) is 1. The van der Waals surface area contributed by atoms with Crippen LogP contribution in [0.2, 0.25) is 5.02 Å². The van der Waals surface area contributed by atoms with E-state index < -0.39 is 5.82 Å². The number of hydrogen-bond acceptors (Lipinski definition) is 7. The summed E-state index contributed by atoms with van der Waals surface area (Å²) in [6.45, 7) is 9.37. The number of halogens is 2. The van der Waals surface area contributed by atoms with Crippen molar-refractivity contribution in [2.45, 2.75) is 25.9 Å². The molecule has 2 aliphatic heterocycles. The van der Waals surface area contributed by atoms with E-state index in [1.807, 2.05) is 24.0 Å². The number of rotatable bonds is 5. The van der Waals surface area contributed by atoms with Crippen LogP contribution >= 0.6 is 11.6 Å². The molecule has 4 aromatic rings. The minimum absolute atomic E-state index is 0.0553. The average molecular weight is 564 g/mol. The highest BCUT2D eigenvalue weighted by molar-refractivity contribution is 6.35. The number of amides is 1. The molecule has 0 radical (unpaired) electrons. The third-order valence-electron chi connectivity index (χ3n) is 7.93. The largest absolute Gasteiger partial charge is 0.460 e. The number of hydrogen-bond donors (Lipinski definition) is 1. The number of anilines is 1. The molecular formula is C29H31ClFN7O2. The number of piperidine rings is 1. The Morgan fingerprint density at radius 3 is 2.60 bits per heavy atom. The van der Waals surface area contributed by atoms with Gasteiger partial charge in [0.05, 0.1) is 16.7 Å². The predicted molar refractivity (Wildman–Crippen MR) is 154 cm³/mol. The van der Waals surface area contributed by atoms with Crippen LogP contribution in [0.25, 0.3) is 32.9 Å². The average Bonchev–Trinajstić information content (AvgIpc) is 3.44. The summed E-state index contributed by atoms with van der Waals surface area (Å²) < 4.78 is 22.9. The molecule has 2 aliphatic rings. The van der Waals surface area contributed by atoms with E-state index in [1.165, 1.54) is 6.08 Å². The number of benzene rings is 2. The minimum Gasteiger partial charge on any atom is -0.460 e. The molecule has 2 aromatic carbocycles. The first kappa shape index (κ1) is 26.5. The maximum absolute atomic E-state index is 16.7. The number of likely N-dealkylation sites (tertiary alicyclic amines) is 1. The van der Waals surface area contributed by atoms with Crippen LogP contribution in [0.5, 0.6) is 6.01 Å². The van der Waals surface area contributed by atoms with Gasteiger partial charge in [0.2, 0.25) is 5.91 Å². The van der Waals surface area contributed by atoms with E-state index in [0.29, 0.717) is 42.9 Å². The second kappa shape index (κ2) is 10.7. The van der Waals surface area contributed by atoms with Gasteiger partial charge in [0.1, 0.15) is 17.4 Å². The van der Waals surface area contributed by atoms with Crippen molar-refractivity contribution in [1.29, 1.82) is 0 Å². The number of aryl methyl sites for hydroxylation is 1. The van der Waals surface area contributed by atoms with Crippen molar-refractivity contribution in [3.05, 3.63) is 53.5 Å². The Kier molecular flexibility index (Phi) is 7.06. The SMILES string of the molecule is C=CC(=O)N1CCN(c2nc(OC3CCN(C)CC3)nc3c(F)c(-c4c(C)ccc5[nH]ncc45)c(Cl)cc23)CC1. The maximum atomic E-state index is 16.7. The van der Waals surface area contributed by atoms with Crippen LogP contribution in [0.3, 0.4) is 0 Å². The van der Waals surface area contributed by atoms with Crippen molar-refractivity contribution in [2.75, 3.05) is 51.2 Å². The summed E-state index contributed by atoms with van der Waals surface area (Å²) in [5.41, 5.74) is 2.75. The predicted octanol–water partition coefficient (Wildman–Crippen LogP) is 4.58. The van der Waals surface area contributed by atoms with Gasteiger partial charge in [-0.2, -0.15) is 15.1 Å². The first-order valence-corrected chi connectivity index (χ1v) is 13.9. The van der Waals surface area contributed by atoms with Crippen LogP contribution in [0, 0.1) is 12.7 Å². The van der Waals surface area contributed by atoms with E-state index in [4.69, 9.17) is 21.3 Å². The highest BCUT2D eigenvalue weighted by Crippen LogP contribution is 2.42. The van der Waals surface area contributed by atoms with Gasteiger partial charge in [-0.25, -0.2) is 4.39 Å². The molecular weight excluding hydrogens is 533 g/mol. The molecule has 2 saturated heterocycles. The van der Waals surface area contributed by atoms with Gasteiger partial charge in [-0.05, 0) is 50.6 Å². The fraction of sp³-hybridized carbons (Fsp3) is 0.379.